The van der Waals surface area contributed by atoms with E-state index in [-0.39, 0.29) is 5.75 Å². The van der Waals surface area contributed by atoms with E-state index in [9.17, 15) is 4.79 Å². The second kappa shape index (κ2) is 17.7. The van der Waals surface area contributed by atoms with E-state index in [4.69, 9.17) is 9.84 Å². The van der Waals surface area contributed by atoms with Crippen LogP contribution in [0.25, 0.3) is 0 Å². The number of hydrogen-bond donors (Lipinski definition) is 1. The summed E-state index contributed by atoms with van der Waals surface area (Å²) < 4.78 is 4.96. The average Bonchev–Trinajstić information content (AvgIpc) is 2.50. The molecule has 3 heteroatoms. The quantitative estimate of drug-likeness (QED) is 0.720. The Morgan fingerprint density at radius 2 is 1.68 bits per heavy atom. The first kappa shape index (κ1) is 22.9. The maximum absolute atomic E-state index is 10.00. The predicted octanol–water partition coefficient (Wildman–Crippen LogP) is 5.01. The minimum atomic E-state index is 0.231. The highest BCUT2D eigenvalue weighted by atomic mass is 16.5. The van der Waals surface area contributed by atoms with Gasteiger partial charge in [0.1, 0.15) is 12.0 Å². The van der Waals surface area contributed by atoms with Gasteiger partial charge in [0.05, 0.1) is 0 Å². The molecule has 0 saturated heterocycles. The van der Waals surface area contributed by atoms with E-state index in [0.29, 0.717) is 6.42 Å². The first-order valence-electron chi connectivity index (χ1n) is 8.25. The number of ether oxygens (including phenoxy) is 1. The summed E-state index contributed by atoms with van der Waals surface area (Å²) in [6.45, 7) is 9.67. The SMILES string of the molecule is CCC.CCCC(C)CCOC.O=CCc1ccc(O)cc1. The van der Waals surface area contributed by atoms with Crippen LogP contribution in [-0.4, -0.2) is 25.1 Å². The van der Waals surface area contributed by atoms with Gasteiger partial charge in [-0.15, -0.1) is 0 Å². The first-order valence-corrected chi connectivity index (χ1v) is 8.25. The lowest BCUT2D eigenvalue weighted by Crippen LogP contribution is -1.98. The number of benzene rings is 1. The first-order chi connectivity index (χ1) is 10.5. The summed E-state index contributed by atoms with van der Waals surface area (Å²) in [5.41, 5.74) is 0.924. The van der Waals surface area contributed by atoms with Gasteiger partial charge >= 0.3 is 0 Å². The van der Waals surface area contributed by atoms with Crippen molar-refractivity contribution in [1.82, 2.24) is 0 Å². The fourth-order valence-electron chi connectivity index (χ4n) is 1.68. The number of aromatic hydroxyl groups is 1. The third-order valence-electron chi connectivity index (χ3n) is 2.85. The van der Waals surface area contributed by atoms with Crippen molar-refractivity contribution in [2.24, 2.45) is 5.92 Å². The molecule has 0 aliphatic heterocycles. The number of carbonyl (C=O) groups is 1. The maximum atomic E-state index is 10.00. The van der Waals surface area contributed by atoms with E-state index in [1.54, 1.807) is 31.4 Å². The van der Waals surface area contributed by atoms with Gasteiger partial charge in [-0.1, -0.05) is 59.1 Å². The van der Waals surface area contributed by atoms with Gasteiger partial charge in [0.15, 0.2) is 0 Å². The van der Waals surface area contributed by atoms with E-state index in [0.717, 1.165) is 24.4 Å². The molecule has 0 radical (unpaired) electrons. The Bertz CT molecular complexity index is 333. The monoisotopic (exact) mass is 310 g/mol. The summed E-state index contributed by atoms with van der Waals surface area (Å²) in [6, 6.07) is 6.59. The zero-order valence-corrected chi connectivity index (χ0v) is 15.0. The largest absolute Gasteiger partial charge is 0.508 e. The summed E-state index contributed by atoms with van der Waals surface area (Å²) in [7, 11) is 1.76. The van der Waals surface area contributed by atoms with Crippen LogP contribution in [0.1, 0.15) is 58.9 Å². The number of hydrogen-bond acceptors (Lipinski definition) is 3. The Balaban J connectivity index is 0. The van der Waals surface area contributed by atoms with Gasteiger partial charge in [-0.3, -0.25) is 0 Å². The molecule has 0 aliphatic carbocycles. The van der Waals surface area contributed by atoms with Crippen LogP contribution in [0.3, 0.4) is 0 Å². The Morgan fingerprint density at radius 1 is 1.14 bits per heavy atom. The molecular weight excluding hydrogens is 276 g/mol. The highest BCUT2D eigenvalue weighted by Crippen LogP contribution is 2.09. The summed E-state index contributed by atoms with van der Waals surface area (Å²) in [4.78, 5) is 10.00. The normalized spacial score (nSPS) is 10.6. The number of carbonyl (C=O) groups excluding carboxylic acids is 1. The maximum Gasteiger partial charge on any atom is 0.124 e. The minimum Gasteiger partial charge on any atom is -0.508 e. The highest BCUT2D eigenvalue weighted by molar-refractivity contribution is 5.55. The van der Waals surface area contributed by atoms with Crippen molar-refractivity contribution in [2.75, 3.05) is 13.7 Å². The second-order valence-corrected chi connectivity index (χ2v) is 5.42. The van der Waals surface area contributed by atoms with Gasteiger partial charge < -0.3 is 14.6 Å². The van der Waals surface area contributed by atoms with Gasteiger partial charge in [0.25, 0.3) is 0 Å². The van der Waals surface area contributed by atoms with Gasteiger partial charge in [0.2, 0.25) is 0 Å². The van der Waals surface area contributed by atoms with Gasteiger partial charge in [-0.05, 0) is 30.0 Å². The molecule has 0 bridgehead atoms. The lowest BCUT2D eigenvalue weighted by Gasteiger charge is -2.07. The van der Waals surface area contributed by atoms with Crippen molar-refractivity contribution in [1.29, 1.82) is 0 Å². The van der Waals surface area contributed by atoms with Crippen LogP contribution in [-0.2, 0) is 16.0 Å². The molecule has 0 amide bonds. The van der Waals surface area contributed by atoms with E-state index in [1.807, 2.05) is 0 Å². The molecule has 0 heterocycles. The lowest BCUT2D eigenvalue weighted by molar-refractivity contribution is -0.107. The molecule has 1 unspecified atom stereocenters. The molecule has 128 valence electrons. The van der Waals surface area contributed by atoms with Crippen molar-refractivity contribution >= 4 is 6.29 Å². The Labute approximate surface area is 136 Å². The molecule has 0 aliphatic rings. The van der Waals surface area contributed by atoms with E-state index in [2.05, 4.69) is 27.7 Å². The molecule has 1 N–H and O–H groups in total. The van der Waals surface area contributed by atoms with Crippen molar-refractivity contribution in [3.8, 4) is 5.75 Å². The summed E-state index contributed by atoms with van der Waals surface area (Å²) in [5.74, 6) is 1.07. The Hall–Kier alpha value is -1.35. The fraction of sp³-hybridized carbons (Fsp3) is 0.632. The van der Waals surface area contributed by atoms with Crippen LogP contribution in [0.4, 0.5) is 0 Å². The third-order valence-corrected chi connectivity index (χ3v) is 2.85. The molecule has 1 atom stereocenters. The van der Waals surface area contributed by atoms with E-state index in [1.165, 1.54) is 25.7 Å². The molecule has 0 saturated carbocycles. The molecule has 3 nitrogen and oxygen atoms in total. The molecule has 22 heavy (non-hydrogen) atoms. The molecular formula is C19H34O3. The fourth-order valence-corrected chi connectivity index (χ4v) is 1.68. The van der Waals surface area contributed by atoms with Crippen molar-refractivity contribution < 1.29 is 14.6 Å². The van der Waals surface area contributed by atoms with Gasteiger partial charge in [0, 0.05) is 20.1 Å². The molecule has 1 aromatic carbocycles. The van der Waals surface area contributed by atoms with E-state index >= 15 is 0 Å². The van der Waals surface area contributed by atoms with Crippen LogP contribution in [0, 0.1) is 5.92 Å². The van der Waals surface area contributed by atoms with Gasteiger partial charge in [-0.25, -0.2) is 0 Å². The molecule has 0 fully saturated rings. The standard InChI is InChI=1S/C8H8O2.C8H18O.C3H8/c9-6-5-7-1-3-8(10)4-2-7;1-4-5-8(2)6-7-9-3;1-3-2/h1-4,6,10H,5H2;8H,4-7H2,1-3H3;3H2,1-2H3. The molecule has 1 rings (SSSR count). The number of aldehydes is 1. The zero-order chi connectivity index (χ0) is 17.2. The Morgan fingerprint density at radius 3 is 2.09 bits per heavy atom. The topological polar surface area (TPSA) is 46.5 Å². The predicted molar refractivity (Wildman–Crippen MR) is 94.4 cm³/mol. The smallest absolute Gasteiger partial charge is 0.124 e. The third kappa shape index (κ3) is 16.7. The molecule has 1 aromatic rings. The minimum absolute atomic E-state index is 0.231. The average molecular weight is 310 g/mol. The van der Waals surface area contributed by atoms with Crippen molar-refractivity contribution in [3.05, 3.63) is 29.8 Å². The van der Waals surface area contributed by atoms with Crippen LogP contribution in [0.5, 0.6) is 5.75 Å². The van der Waals surface area contributed by atoms with Crippen LogP contribution < -0.4 is 0 Å². The number of methoxy groups -OCH3 is 1. The van der Waals surface area contributed by atoms with Crippen LogP contribution >= 0.6 is 0 Å². The van der Waals surface area contributed by atoms with Crippen LogP contribution in [0.15, 0.2) is 24.3 Å². The highest BCUT2D eigenvalue weighted by Gasteiger charge is 1.97. The van der Waals surface area contributed by atoms with Crippen LogP contribution in [0.2, 0.25) is 0 Å². The number of phenols is 1. The van der Waals surface area contributed by atoms with Crippen molar-refractivity contribution in [2.45, 2.75) is 59.8 Å². The van der Waals surface area contributed by atoms with E-state index < -0.39 is 0 Å². The summed E-state index contributed by atoms with van der Waals surface area (Å²) in [6.07, 6.45) is 6.35. The van der Waals surface area contributed by atoms with Crippen molar-refractivity contribution in [3.63, 3.8) is 0 Å². The summed E-state index contributed by atoms with van der Waals surface area (Å²) in [5, 5.41) is 8.84. The summed E-state index contributed by atoms with van der Waals surface area (Å²) >= 11 is 0. The van der Waals surface area contributed by atoms with Gasteiger partial charge in [-0.2, -0.15) is 0 Å². The Kier molecular flexibility index (Phi) is 18.4. The number of phenolic OH excluding ortho intramolecular Hbond substituents is 1. The number of rotatable bonds is 7. The molecule has 0 aromatic heterocycles. The zero-order valence-electron chi connectivity index (χ0n) is 15.0. The second-order valence-electron chi connectivity index (χ2n) is 5.42. The lowest BCUT2D eigenvalue weighted by atomic mass is 10.0. The molecule has 0 spiro atoms.